The van der Waals surface area contributed by atoms with Crippen LogP contribution in [0.3, 0.4) is 0 Å². The molecular weight excluding hydrogens is 472 g/mol. The molecule has 0 aromatic heterocycles. The van der Waals surface area contributed by atoms with Crippen LogP contribution in [0, 0.1) is 5.82 Å². The fourth-order valence-electron chi connectivity index (χ4n) is 4.02. The highest BCUT2D eigenvalue weighted by Crippen LogP contribution is 2.37. The van der Waals surface area contributed by atoms with Crippen LogP contribution in [-0.2, 0) is 32.6 Å². The first-order valence-corrected chi connectivity index (χ1v) is 12.8. The van der Waals surface area contributed by atoms with E-state index in [1.54, 1.807) is 0 Å². The van der Waals surface area contributed by atoms with Crippen molar-refractivity contribution in [2.45, 2.75) is 41.7 Å². The number of piperidine rings is 1. The van der Waals surface area contributed by atoms with E-state index in [1.165, 1.54) is 22.5 Å². The molecule has 2 aromatic carbocycles. The number of anilines is 1. The Bertz CT molecular complexity index is 1250. The molecule has 0 radical (unpaired) electrons. The van der Waals surface area contributed by atoms with Crippen LogP contribution in [0.4, 0.5) is 23.2 Å². The van der Waals surface area contributed by atoms with E-state index in [4.69, 9.17) is 0 Å². The number of hydrogen-bond donors (Lipinski definition) is 0. The molecule has 0 N–H and O–H groups in total. The number of nitrogens with zero attached hydrogens (tertiary/aromatic N) is 2. The maximum atomic E-state index is 13.6. The Hall–Kier alpha value is -2.18. The van der Waals surface area contributed by atoms with Crippen molar-refractivity contribution in [3.8, 4) is 0 Å². The van der Waals surface area contributed by atoms with Gasteiger partial charge in [0.15, 0.2) is 0 Å². The lowest BCUT2D eigenvalue weighted by molar-refractivity contribution is -0.140. The normalized spacial score (nSPS) is 18.1. The number of alkyl halides is 3. The number of halogens is 4. The summed E-state index contributed by atoms with van der Waals surface area (Å²) in [6.07, 6.45) is -2.34. The monoisotopic (exact) mass is 492 g/mol. The summed E-state index contributed by atoms with van der Waals surface area (Å²) in [6, 6.07) is 5.61. The molecule has 2 aliphatic heterocycles. The Morgan fingerprint density at radius 1 is 0.781 bits per heavy atom. The summed E-state index contributed by atoms with van der Waals surface area (Å²) in [5.74, 6) is -1.56. The van der Waals surface area contributed by atoms with Gasteiger partial charge in [-0.3, -0.25) is 4.31 Å². The van der Waals surface area contributed by atoms with Gasteiger partial charge in [-0.25, -0.2) is 21.2 Å². The zero-order valence-corrected chi connectivity index (χ0v) is 18.4. The van der Waals surface area contributed by atoms with E-state index in [0.717, 1.165) is 29.6 Å². The second kappa shape index (κ2) is 7.99. The summed E-state index contributed by atoms with van der Waals surface area (Å²) >= 11 is 0. The van der Waals surface area contributed by atoms with Crippen LogP contribution in [0.25, 0.3) is 0 Å². The van der Waals surface area contributed by atoms with Gasteiger partial charge in [-0.15, -0.1) is 0 Å². The molecule has 4 rings (SSSR count). The van der Waals surface area contributed by atoms with Crippen molar-refractivity contribution in [3.63, 3.8) is 0 Å². The maximum absolute atomic E-state index is 13.6. The topological polar surface area (TPSA) is 74.8 Å². The molecule has 32 heavy (non-hydrogen) atoms. The Morgan fingerprint density at radius 2 is 1.41 bits per heavy atom. The van der Waals surface area contributed by atoms with E-state index in [1.807, 2.05) is 0 Å². The van der Waals surface area contributed by atoms with Crippen molar-refractivity contribution < 1.29 is 34.4 Å². The number of rotatable bonds is 4. The summed E-state index contributed by atoms with van der Waals surface area (Å²) < 4.78 is 107. The number of sulfonamides is 2. The van der Waals surface area contributed by atoms with Gasteiger partial charge in [-0.1, -0.05) is 6.42 Å². The Kier molecular flexibility index (Phi) is 5.74. The van der Waals surface area contributed by atoms with Crippen LogP contribution in [0.5, 0.6) is 0 Å². The van der Waals surface area contributed by atoms with Gasteiger partial charge in [-0.05, 0) is 61.2 Å². The maximum Gasteiger partial charge on any atom is 0.419 e. The van der Waals surface area contributed by atoms with E-state index >= 15 is 0 Å². The molecular formula is C20H20F4N2O4S2. The molecule has 174 valence electrons. The quantitative estimate of drug-likeness (QED) is 0.609. The SMILES string of the molecule is O=S(=O)(c1ccc2c(c1)CCN2S(=O)(=O)c1ccc(F)c(C(F)(F)F)c1)N1CCCCC1. The second-order valence-electron chi connectivity index (χ2n) is 7.72. The lowest BCUT2D eigenvalue weighted by Gasteiger charge is -2.26. The minimum absolute atomic E-state index is 0.0542. The Morgan fingerprint density at radius 3 is 2.06 bits per heavy atom. The van der Waals surface area contributed by atoms with Crippen LogP contribution < -0.4 is 4.31 Å². The molecule has 0 unspecified atom stereocenters. The molecule has 6 nitrogen and oxygen atoms in total. The second-order valence-corrected chi connectivity index (χ2v) is 11.5. The van der Waals surface area contributed by atoms with Crippen LogP contribution in [-0.4, -0.2) is 40.8 Å². The Balaban J connectivity index is 1.68. The van der Waals surface area contributed by atoms with Gasteiger partial charge in [-0.2, -0.15) is 17.5 Å². The molecule has 1 fully saturated rings. The smallest absolute Gasteiger partial charge is 0.266 e. The van der Waals surface area contributed by atoms with E-state index < -0.39 is 42.5 Å². The molecule has 2 aromatic rings. The van der Waals surface area contributed by atoms with Gasteiger partial charge in [0.2, 0.25) is 10.0 Å². The molecule has 0 bridgehead atoms. The first-order chi connectivity index (χ1) is 14.9. The highest BCUT2D eigenvalue weighted by Gasteiger charge is 2.38. The average Bonchev–Trinajstić information content (AvgIpc) is 3.18. The first-order valence-electron chi connectivity index (χ1n) is 9.95. The van der Waals surface area contributed by atoms with Crippen molar-refractivity contribution in [1.29, 1.82) is 0 Å². The van der Waals surface area contributed by atoms with Gasteiger partial charge in [0.25, 0.3) is 10.0 Å². The highest BCUT2D eigenvalue weighted by molar-refractivity contribution is 7.92. The number of fused-ring (bicyclic) bond motifs is 1. The van der Waals surface area contributed by atoms with Crippen LogP contribution in [0.15, 0.2) is 46.2 Å². The lowest BCUT2D eigenvalue weighted by Crippen LogP contribution is -2.35. The molecule has 1 saturated heterocycles. The van der Waals surface area contributed by atoms with E-state index in [9.17, 15) is 34.4 Å². The minimum Gasteiger partial charge on any atom is -0.266 e. The molecule has 0 amide bonds. The predicted molar refractivity (Wildman–Crippen MR) is 109 cm³/mol. The Labute approximate surface area is 183 Å². The molecule has 0 atom stereocenters. The highest BCUT2D eigenvalue weighted by atomic mass is 32.2. The molecule has 0 aliphatic carbocycles. The van der Waals surface area contributed by atoms with Gasteiger partial charge in [0, 0.05) is 19.6 Å². The van der Waals surface area contributed by atoms with Gasteiger partial charge in [0.1, 0.15) is 5.82 Å². The largest absolute Gasteiger partial charge is 0.419 e. The lowest BCUT2D eigenvalue weighted by atomic mass is 10.2. The zero-order chi connectivity index (χ0) is 23.3. The first kappa shape index (κ1) is 23.0. The molecule has 12 heteroatoms. The average molecular weight is 493 g/mol. The summed E-state index contributed by atoms with van der Waals surface area (Å²) in [7, 11) is -8.13. The van der Waals surface area contributed by atoms with Crippen molar-refractivity contribution in [2.75, 3.05) is 23.9 Å². The van der Waals surface area contributed by atoms with Crippen LogP contribution in [0.2, 0.25) is 0 Å². The van der Waals surface area contributed by atoms with E-state index in [0.29, 0.717) is 24.7 Å². The van der Waals surface area contributed by atoms with Gasteiger partial charge in [0.05, 0.1) is 21.0 Å². The molecule has 0 spiro atoms. The van der Waals surface area contributed by atoms with Gasteiger partial charge < -0.3 is 0 Å². The number of benzene rings is 2. The standard InChI is InChI=1S/C20H20F4N2O4S2/c21-18-6-4-16(13-17(18)20(22,23)24)32(29,30)26-11-8-14-12-15(5-7-19(14)26)31(27,28)25-9-2-1-3-10-25/h4-7,12-13H,1-3,8-11H2. The summed E-state index contributed by atoms with van der Waals surface area (Å²) in [6.45, 7) is 0.779. The third kappa shape index (κ3) is 3.99. The minimum atomic E-state index is -5.05. The third-order valence-corrected chi connectivity index (χ3v) is 9.39. The summed E-state index contributed by atoms with van der Waals surface area (Å²) in [4.78, 5) is -0.636. The van der Waals surface area contributed by atoms with E-state index in [2.05, 4.69) is 0 Å². The van der Waals surface area contributed by atoms with Crippen LogP contribution in [0.1, 0.15) is 30.4 Å². The molecule has 0 saturated carbocycles. The fourth-order valence-corrected chi connectivity index (χ4v) is 7.12. The fraction of sp³-hybridized carbons (Fsp3) is 0.400. The van der Waals surface area contributed by atoms with Crippen molar-refractivity contribution >= 4 is 25.7 Å². The van der Waals surface area contributed by atoms with Gasteiger partial charge >= 0.3 is 6.18 Å². The number of hydrogen-bond acceptors (Lipinski definition) is 4. The zero-order valence-electron chi connectivity index (χ0n) is 16.8. The summed E-state index contributed by atoms with van der Waals surface area (Å²) in [5.41, 5.74) is -1.01. The predicted octanol–water partition coefficient (Wildman–Crippen LogP) is 3.77. The molecule has 2 aliphatic rings. The van der Waals surface area contributed by atoms with E-state index in [-0.39, 0.29) is 29.6 Å². The summed E-state index contributed by atoms with van der Waals surface area (Å²) in [5, 5.41) is 0. The van der Waals surface area contributed by atoms with Crippen molar-refractivity contribution in [1.82, 2.24) is 4.31 Å². The van der Waals surface area contributed by atoms with Crippen LogP contribution >= 0.6 is 0 Å². The van der Waals surface area contributed by atoms with Crippen molar-refractivity contribution in [2.24, 2.45) is 0 Å². The third-order valence-electron chi connectivity index (χ3n) is 5.69. The molecule has 2 heterocycles. The van der Waals surface area contributed by atoms with Crippen molar-refractivity contribution in [3.05, 3.63) is 53.3 Å².